The smallest absolute Gasteiger partial charge is 0.234 e. The van der Waals surface area contributed by atoms with Crippen LogP contribution < -0.4 is 5.32 Å². The van der Waals surface area contributed by atoms with E-state index >= 15 is 0 Å². The molecule has 0 saturated heterocycles. The van der Waals surface area contributed by atoms with Gasteiger partial charge in [0.1, 0.15) is 0 Å². The molecule has 0 fully saturated rings. The lowest BCUT2D eigenvalue weighted by atomic mass is 10.2. The minimum Gasteiger partial charge on any atom is -0.350 e. The van der Waals surface area contributed by atoms with Crippen molar-refractivity contribution in [2.24, 2.45) is 7.05 Å². The molecule has 0 aliphatic rings. The van der Waals surface area contributed by atoms with Crippen molar-refractivity contribution in [2.75, 3.05) is 11.1 Å². The number of hydrogen-bond acceptors (Lipinski definition) is 2. The number of nitrogens with zero attached hydrogens (tertiary/aromatic N) is 1. The lowest BCUT2D eigenvalue weighted by molar-refractivity contribution is -0.113. The summed E-state index contributed by atoms with van der Waals surface area (Å²) < 4.78 is 2.05. The maximum Gasteiger partial charge on any atom is 0.234 e. The first-order chi connectivity index (χ1) is 10.6. The zero-order chi connectivity index (χ0) is 15.5. The Kier molecular flexibility index (Phi) is 4.20. The second-order valence-corrected chi connectivity index (χ2v) is 6.40. The Bertz CT molecular complexity index is 806. The molecule has 1 aromatic heterocycles. The number of nitrogens with one attached hydrogen (secondary N) is 1. The van der Waals surface area contributed by atoms with Gasteiger partial charge in [0.25, 0.3) is 0 Å². The first-order valence-corrected chi connectivity index (χ1v) is 8.15. The summed E-state index contributed by atoms with van der Waals surface area (Å²) >= 11 is 1.55. The van der Waals surface area contributed by atoms with E-state index < -0.39 is 0 Å². The van der Waals surface area contributed by atoms with Crippen molar-refractivity contribution in [1.82, 2.24) is 4.57 Å². The maximum atomic E-state index is 12.1. The van der Waals surface area contributed by atoms with E-state index in [1.54, 1.807) is 11.8 Å². The van der Waals surface area contributed by atoms with Crippen LogP contribution >= 0.6 is 11.8 Å². The van der Waals surface area contributed by atoms with E-state index in [1.165, 1.54) is 10.9 Å². The van der Waals surface area contributed by atoms with Gasteiger partial charge in [0.05, 0.1) is 5.75 Å². The average molecular weight is 310 g/mol. The van der Waals surface area contributed by atoms with Gasteiger partial charge in [-0.05, 0) is 42.6 Å². The third-order valence-electron chi connectivity index (χ3n) is 3.56. The van der Waals surface area contributed by atoms with Gasteiger partial charge in [-0.1, -0.05) is 23.8 Å². The number of rotatable bonds is 4. The zero-order valence-electron chi connectivity index (χ0n) is 12.7. The SMILES string of the molecule is Cc1ccc(SCC(=O)Nc2ccc3ccn(C)c3c2)cc1. The Morgan fingerprint density at radius 3 is 2.68 bits per heavy atom. The molecule has 0 radical (unpaired) electrons. The number of carbonyl (C=O) groups is 1. The molecule has 1 heterocycles. The average Bonchev–Trinajstić information content (AvgIpc) is 2.88. The fourth-order valence-electron chi connectivity index (χ4n) is 2.32. The van der Waals surface area contributed by atoms with E-state index in [-0.39, 0.29) is 5.91 Å². The summed E-state index contributed by atoms with van der Waals surface area (Å²) in [5.74, 6) is 0.424. The summed E-state index contributed by atoms with van der Waals surface area (Å²) in [5, 5.41) is 4.14. The van der Waals surface area contributed by atoms with Gasteiger partial charge in [-0.2, -0.15) is 0 Å². The lowest BCUT2D eigenvalue weighted by Gasteiger charge is -2.06. The molecule has 3 aromatic rings. The van der Waals surface area contributed by atoms with Gasteiger partial charge in [0.15, 0.2) is 0 Å². The second kappa shape index (κ2) is 6.28. The number of carbonyl (C=O) groups excluding carboxylic acids is 1. The highest BCUT2D eigenvalue weighted by atomic mass is 32.2. The molecule has 112 valence electrons. The maximum absolute atomic E-state index is 12.1. The fraction of sp³-hybridized carbons (Fsp3) is 0.167. The van der Waals surface area contributed by atoms with Crippen LogP contribution in [-0.4, -0.2) is 16.2 Å². The molecule has 2 aromatic carbocycles. The number of amides is 1. The molecule has 0 bridgehead atoms. The van der Waals surface area contributed by atoms with Gasteiger partial charge in [0, 0.05) is 29.3 Å². The molecule has 1 amide bonds. The molecule has 0 spiro atoms. The van der Waals surface area contributed by atoms with Crippen LogP contribution in [0.3, 0.4) is 0 Å². The van der Waals surface area contributed by atoms with Crippen LogP contribution in [0.4, 0.5) is 5.69 Å². The molecule has 0 aliphatic heterocycles. The predicted molar refractivity (Wildman–Crippen MR) is 93.5 cm³/mol. The summed E-state index contributed by atoms with van der Waals surface area (Å²) in [6, 6.07) is 16.2. The van der Waals surface area contributed by atoms with Crippen LogP contribution in [0.25, 0.3) is 10.9 Å². The van der Waals surface area contributed by atoms with Crippen molar-refractivity contribution in [3.8, 4) is 0 Å². The van der Waals surface area contributed by atoms with Gasteiger partial charge in [-0.3, -0.25) is 4.79 Å². The van der Waals surface area contributed by atoms with Crippen molar-refractivity contribution >= 4 is 34.3 Å². The Morgan fingerprint density at radius 1 is 1.14 bits per heavy atom. The van der Waals surface area contributed by atoms with Crippen LogP contribution in [0.15, 0.2) is 59.6 Å². The molecule has 0 aliphatic carbocycles. The van der Waals surface area contributed by atoms with E-state index in [1.807, 2.05) is 48.1 Å². The van der Waals surface area contributed by atoms with Crippen molar-refractivity contribution in [1.29, 1.82) is 0 Å². The number of anilines is 1. The predicted octanol–water partition coefficient (Wildman–Crippen LogP) is 4.22. The Labute approximate surface area is 134 Å². The standard InChI is InChI=1S/C18H18N2OS/c1-13-3-7-16(8-4-13)22-12-18(21)19-15-6-5-14-9-10-20(2)17(14)11-15/h3-11H,12H2,1-2H3,(H,19,21). The summed E-state index contributed by atoms with van der Waals surface area (Å²) in [6.07, 6.45) is 2.02. The molecule has 4 heteroatoms. The van der Waals surface area contributed by atoms with Crippen molar-refractivity contribution in [2.45, 2.75) is 11.8 Å². The minimum absolute atomic E-state index is 0.0131. The van der Waals surface area contributed by atoms with Crippen molar-refractivity contribution in [3.63, 3.8) is 0 Å². The third-order valence-corrected chi connectivity index (χ3v) is 4.57. The van der Waals surface area contributed by atoms with E-state index in [0.717, 1.165) is 16.1 Å². The molecule has 1 N–H and O–H groups in total. The highest BCUT2D eigenvalue weighted by Gasteiger charge is 2.05. The number of aryl methyl sites for hydroxylation is 2. The lowest BCUT2D eigenvalue weighted by Crippen LogP contribution is -2.13. The highest BCUT2D eigenvalue weighted by Crippen LogP contribution is 2.21. The Morgan fingerprint density at radius 2 is 1.91 bits per heavy atom. The first-order valence-electron chi connectivity index (χ1n) is 7.16. The Balaban J connectivity index is 1.62. The van der Waals surface area contributed by atoms with Crippen LogP contribution in [0.2, 0.25) is 0 Å². The molecule has 22 heavy (non-hydrogen) atoms. The number of thioether (sulfide) groups is 1. The topological polar surface area (TPSA) is 34.0 Å². The summed E-state index contributed by atoms with van der Waals surface area (Å²) in [5.41, 5.74) is 3.18. The van der Waals surface area contributed by atoms with Gasteiger partial charge in [-0.25, -0.2) is 0 Å². The van der Waals surface area contributed by atoms with Crippen LogP contribution in [0.5, 0.6) is 0 Å². The van der Waals surface area contributed by atoms with E-state index in [0.29, 0.717) is 5.75 Å². The minimum atomic E-state index is 0.0131. The van der Waals surface area contributed by atoms with Crippen LogP contribution in [-0.2, 0) is 11.8 Å². The molecule has 0 saturated carbocycles. The molecule has 3 nitrogen and oxygen atoms in total. The Hall–Kier alpha value is -2.20. The summed E-state index contributed by atoms with van der Waals surface area (Å²) in [6.45, 7) is 2.06. The molecule has 0 atom stereocenters. The molecular weight excluding hydrogens is 292 g/mol. The molecule has 0 unspecified atom stereocenters. The second-order valence-electron chi connectivity index (χ2n) is 5.35. The summed E-state index contributed by atoms with van der Waals surface area (Å²) in [4.78, 5) is 13.2. The van der Waals surface area contributed by atoms with Crippen molar-refractivity contribution < 1.29 is 4.79 Å². The summed E-state index contributed by atoms with van der Waals surface area (Å²) in [7, 11) is 2.00. The highest BCUT2D eigenvalue weighted by molar-refractivity contribution is 8.00. The zero-order valence-corrected chi connectivity index (χ0v) is 13.5. The normalized spacial score (nSPS) is 10.8. The third kappa shape index (κ3) is 3.34. The van der Waals surface area contributed by atoms with E-state index in [9.17, 15) is 4.79 Å². The van der Waals surface area contributed by atoms with Gasteiger partial charge >= 0.3 is 0 Å². The molecule has 3 rings (SSSR count). The first kappa shape index (κ1) is 14.7. The largest absolute Gasteiger partial charge is 0.350 e. The monoisotopic (exact) mass is 310 g/mol. The van der Waals surface area contributed by atoms with Gasteiger partial charge in [-0.15, -0.1) is 11.8 Å². The van der Waals surface area contributed by atoms with Gasteiger partial charge < -0.3 is 9.88 Å². The molecular formula is C18H18N2OS. The number of aromatic nitrogens is 1. The quantitative estimate of drug-likeness (QED) is 0.732. The van der Waals surface area contributed by atoms with Gasteiger partial charge in [0.2, 0.25) is 5.91 Å². The fourth-order valence-corrected chi connectivity index (χ4v) is 3.02. The van der Waals surface area contributed by atoms with Crippen molar-refractivity contribution in [3.05, 3.63) is 60.3 Å². The number of hydrogen-bond donors (Lipinski definition) is 1. The number of fused-ring (bicyclic) bond motifs is 1. The van der Waals surface area contributed by atoms with E-state index in [2.05, 4.69) is 30.4 Å². The van der Waals surface area contributed by atoms with Crippen LogP contribution in [0.1, 0.15) is 5.56 Å². The van der Waals surface area contributed by atoms with Crippen LogP contribution in [0, 0.1) is 6.92 Å². The van der Waals surface area contributed by atoms with E-state index in [4.69, 9.17) is 0 Å². The number of benzene rings is 2.